The van der Waals surface area contributed by atoms with E-state index in [0.717, 1.165) is 44.6 Å². The van der Waals surface area contributed by atoms with Crippen LogP contribution in [0, 0.1) is 0 Å². The van der Waals surface area contributed by atoms with E-state index in [1.165, 1.54) is 10.9 Å². The fourth-order valence-electron chi connectivity index (χ4n) is 3.91. The van der Waals surface area contributed by atoms with Gasteiger partial charge in [-0.15, -0.1) is 0 Å². The molecule has 2 aromatic rings. The van der Waals surface area contributed by atoms with Crippen LogP contribution in [-0.2, 0) is 0 Å². The molecule has 0 aromatic carbocycles. The normalized spacial score (nSPS) is 18.5. The molecule has 29 heavy (non-hydrogen) atoms. The lowest BCUT2D eigenvalue weighted by molar-refractivity contribution is 0.171. The number of likely N-dealkylation sites (tertiary alicyclic amines) is 1. The van der Waals surface area contributed by atoms with Gasteiger partial charge in [-0.2, -0.15) is 0 Å². The van der Waals surface area contributed by atoms with E-state index in [-0.39, 0.29) is 24.1 Å². The Hall–Kier alpha value is -3.10. The molecule has 2 aliphatic rings. The number of anilines is 1. The van der Waals surface area contributed by atoms with Crippen LogP contribution in [0.3, 0.4) is 0 Å². The molecule has 9 nitrogen and oxygen atoms in total. The first-order chi connectivity index (χ1) is 14.2. The van der Waals surface area contributed by atoms with Gasteiger partial charge in [-0.25, -0.2) is 19.6 Å². The Morgan fingerprint density at radius 2 is 1.59 bits per heavy atom. The summed E-state index contributed by atoms with van der Waals surface area (Å²) in [6.45, 7) is 3.08. The second kappa shape index (κ2) is 8.93. The summed E-state index contributed by atoms with van der Waals surface area (Å²) in [5.74, 6) is 0.997. The fourth-order valence-corrected chi connectivity index (χ4v) is 3.91. The summed E-state index contributed by atoms with van der Waals surface area (Å²) < 4.78 is 1.43. The Morgan fingerprint density at radius 1 is 0.897 bits per heavy atom. The highest BCUT2D eigenvalue weighted by atomic mass is 16.2. The average Bonchev–Trinajstić information content (AvgIpc) is 3.31. The van der Waals surface area contributed by atoms with Crippen molar-refractivity contribution in [1.82, 2.24) is 30.1 Å². The SMILES string of the molecule is O=C(NC1CCN(c2ccccn2)CC1)N1CCC(NC(=O)n2ccnc2)CC1. The molecule has 2 aromatic heterocycles. The number of carbonyl (C=O) groups excluding carboxylic acids is 2. The second-order valence-electron chi connectivity index (χ2n) is 7.58. The Morgan fingerprint density at radius 3 is 2.21 bits per heavy atom. The smallest absolute Gasteiger partial charge is 0.327 e. The van der Waals surface area contributed by atoms with Gasteiger partial charge in [0.1, 0.15) is 12.1 Å². The molecular weight excluding hydrogens is 370 g/mol. The van der Waals surface area contributed by atoms with E-state index in [1.54, 1.807) is 12.4 Å². The Balaban J connectivity index is 1.18. The van der Waals surface area contributed by atoms with E-state index in [1.807, 2.05) is 29.3 Å². The molecule has 2 N–H and O–H groups in total. The summed E-state index contributed by atoms with van der Waals surface area (Å²) in [7, 11) is 0. The average molecular weight is 397 g/mol. The highest BCUT2D eigenvalue weighted by Crippen LogP contribution is 2.18. The third-order valence-electron chi connectivity index (χ3n) is 5.64. The van der Waals surface area contributed by atoms with Crippen molar-refractivity contribution in [1.29, 1.82) is 0 Å². The van der Waals surface area contributed by atoms with Crippen LogP contribution in [0.5, 0.6) is 0 Å². The zero-order chi connectivity index (χ0) is 20.1. The lowest BCUT2D eigenvalue weighted by Gasteiger charge is -2.36. The van der Waals surface area contributed by atoms with Crippen molar-refractivity contribution in [3.8, 4) is 0 Å². The van der Waals surface area contributed by atoms with Gasteiger partial charge >= 0.3 is 12.1 Å². The van der Waals surface area contributed by atoms with E-state index in [0.29, 0.717) is 13.1 Å². The summed E-state index contributed by atoms with van der Waals surface area (Å²) in [4.78, 5) is 37.1. The summed E-state index contributed by atoms with van der Waals surface area (Å²) in [6.07, 6.45) is 9.84. The minimum atomic E-state index is -0.176. The van der Waals surface area contributed by atoms with Crippen molar-refractivity contribution in [2.45, 2.75) is 37.8 Å². The van der Waals surface area contributed by atoms with E-state index in [4.69, 9.17) is 0 Å². The zero-order valence-corrected chi connectivity index (χ0v) is 16.4. The summed E-state index contributed by atoms with van der Waals surface area (Å²) in [6, 6.07) is 6.04. The maximum atomic E-state index is 12.6. The first kappa shape index (κ1) is 19.2. The monoisotopic (exact) mass is 397 g/mol. The number of piperidine rings is 2. The zero-order valence-electron chi connectivity index (χ0n) is 16.4. The molecule has 0 aliphatic carbocycles. The van der Waals surface area contributed by atoms with E-state index >= 15 is 0 Å². The van der Waals surface area contributed by atoms with Gasteiger partial charge in [0.05, 0.1) is 0 Å². The quantitative estimate of drug-likeness (QED) is 0.822. The fraction of sp³-hybridized carbons (Fsp3) is 0.500. The number of aromatic nitrogens is 3. The third-order valence-corrected chi connectivity index (χ3v) is 5.64. The maximum absolute atomic E-state index is 12.6. The first-order valence-electron chi connectivity index (χ1n) is 10.2. The van der Waals surface area contributed by atoms with Crippen LogP contribution >= 0.6 is 0 Å². The minimum absolute atomic E-state index is 0.000622. The Labute approximate surface area is 170 Å². The molecule has 3 amide bonds. The van der Waals surface area contributed by atoms with Crippen LogP contribution in [0.15, 0.2) is 43.1 Å². The molecule has 0 saturated carbocycles. The van der Waals surface area contributed by atoms with Crippen molar-refractivity contribution < 1.29 is 9.59 Å². The highest BCUT2D eigenvalue weighted by Gasteiger charge is 2.27. The van der Waals surface area contributed by atoms with E-state index in [9.17, 15) is 9.59 Å². The van der Waals surface area contributed by atoms with Crippen LogP contribution in [0.25, 0.3) is 0 Å². The number of rotatable bonds is 3. The number of nitrogens with zero attached hydrogens (tertiary/aromatic N) is 5. The van der Waals surface area contributed by atoms with Crippen LogP contribution in [0.1, 0.15) is 25.7 Å². The van der Waals surface area contributed by atoms with Gasteiger partial charge in [-0.05, 0) is 37.8 Å². The van der Waals surface area contributed by atoms with Gasteiger partial charge in [-0.1, -0.05) is 6.07 Å². The highest BCUT2D eigenvalue weighted by molar-refractivity contribution is 5.77. The summed E-state index contributed by atoms with van der Waals surface area (Å²) >= 11 is 0. The van der Waals surface area contributed by atoms with Crippen molar-refractivity contribution in [2.24, 2.45) is 0 Å². The Kier molecular flexibility index (Phi) is 5.92. The van der Waals surface area contributed by atoms with Crippen LogP contribution < -0.4 is 15.5 Å². The van der Waals surface area contributed by atoms with Gasteiger partial charge in [-0.3, -0.25) is 4.57 Å². The first-order valence-corrected chi connectivity index (χ1v) is 10.2. The largest absolute Gasteiger partial charge is 0.356 e. The number of hydrogen-bond donors (Lipinski definition) is 2. The molecule has 0 unspecified atom stereocenters. The molecule has 0 spiro atoms. The molecular formula is C20H27N7O2. The number of amides is 3. The molecule has 9 heteroatoms. The third kappa shape index (κ3) is 4.85. The second-order valence-corrected chi connectivity index (χ2v) is 7.58. The van der Waals surface area contributed by atoms with Crippen molar-refractivity contribution in [2.75, 3.05) is 31.1 Å². The van der Waals surface area contributed by atoms with Gasteiger partial charge in [0, 0.05) is 56.9 Å². The van der Waals surface area contributed by atoms with Crippen LogP contribution in [0.4, 0.5) is 15.4 Å². The topological polar surface area (TPSA) is 95.4 Å². The summed E-state index contributed by atoms with van der Waals surface area (Å²) in [5.41, 5.74) is 0. The minimum Gasteiger partial charge on any atom is -0.356 e. The van der Waals surface area contributed by atoms with Crippen molar-refractivity contribution in [3.05, 3.63) is 43.1 Å². The number of nitrogens with one attached hydrogen (secondary N) is 2. The van der Waals surface area contributed by atoms with E-state index in [2.05, 4.69) is 25.5 Å². The molecule has 4 rings (SSSR count). The Bertz CT molecular complexity index is 796. The lowest BCUT2D eigenvalue weighted by Crippen LogP contribution is -2.53. The lowest BCUT2D eigenvalue weighted by atomic mass is 10.0. The molecule has 2 fully saturated rings. The van der Waals surface area contributed by atoms with Gasteiger partial charge in [0.25, 0.3) is 0 Å². The number of hydrogen-bond acceptors (Lipinski definition) is 5. The number of urea groups is 1. The molecule has 0 radical (unpaired) electrons. The molecule has 2 saturated heterocycles. The molecule has 4 heterocycles. The van der Waals surface area contributed by atoms with Crippen LogP contribution in [0.2, 0.25) is 0 Å². The standard InChI is InChI=1S/C20H27N7O2/c28-19(23-16-4-10-25(11-5-16)18-3-1-2-8-22-18)26-12-6-17(7-13-26)24-20(29)27-14-9-21-15-27/h1-3,8-9,14-17H,4-7,10-13H2,(H,23,28)(H,24,29). The summed E-state index contributed by atoms with van der Waals surface area (Å²) in [5, 5.41) is 6.18. The number of imidazole rings is 1. The maximum Gasteiger partial charge on any atom is 0.327 e. The van der Waals surface area contributed by atoms with Crippen molar-refractivity contribution >= 4 is 17.9 Å². The number of pyridine rings is 1. The molecule has 2 aliphatic heterocycles. The number of carbonyl (C=O) groups is 2. The molecule has 0 atom stereocenters. The van der Waals surface area contributed by atoms with Crippen LogP contribution in [-0.4, -0.2) is 69.8 Å². The molecule has 154 valence electrons. The predicted octanol–water partition coefficient (Wildman–Crippen LogP) is 1.68. The van der Waals surface area contributed by atoms with E-state index < -0.39 is 0 Å². The van der Waals surface area contributed by atoms with Gasteiger partial charge in [0.2, 0.25) is 0 Å². The molecule has 0 bridgehead atoms. The predicted molar refractivity (Wildman–Crippen MR) is 109 cm³/mol. The van der Waals surface area contributed by atoms with Crippen molar-refractivity contribution in [3.63, 3.8) is 0 Å². The van der Waals surface area contributed by atoms with Gasteiger partial charge < -0.3 is 20.4 Å². The van der Waals surface area contributed by atoms with Gasteiger partial charge in [0.15, 0.2) is 0 Å².